The number of nitrogens with zero attached hydrogens (tertiary/aromatic N) is 1. The van der Waals surface area contributed by atoms with Gasteiger partial charge in [-0.2, -0.15) is 0 Å². The first kappa shape index (κ1) is 13.8. The van der Waals surface area contributed by atoms with Crippen LogP contribution in [-0.4, -0.2) is 24.0 Å². The summed E-state index contributed by atoms with van der Waals surface area (Å²) in [6, 6.07) is 4.94. The first-order valence-corrected chi connectivity index (χ1v) is 6.68. The van der Waals surface area contributed by atoms with Crippen molar-refractivity contribution in [1.29, 1.82) is 0 Å². The van der Waals surface area contributed by atoms with E-state index in [0.717, 1.165) is 19.5 Å². The molecule has 0 amide bonds. The predicted molar refractivity (Wildman–Crippen MR) is 73.1 cm³/mol. The number of rotatable bonds is 2. The Bertz CT molecular complexity index is 434. The van der Waals surface area contributed by atoms with Crippen LogP contribution < -0.4 is 5.73 Å². The summed E-state index contributed by atoms with van der Waals surface area (Å²) in [6.07, 6.45) is 0.954. The molecule has 1 aromatic carbocycles. The van der Waals surface area contributed by atoms with Crippen molar-refractivity contribution in [3.8, 4) is 0 Å². The predicted octanol–water partition coefficient (Wildman–Crippen LogP) is 3.04. The third kappa shape index (κ3) is 3.02. The normalized spacial score (nSPS) is 24.2. The van der Waals surface area contributed by atoms with Crippen LogP contribution >= 0.6 is 11.6 Å². The summed E-state index contributed by atoms with van der Waals surface area (Å²) in [5, 5.41) is 0.583. The van der Waals surface area contributed by atoms with Gasteiger partial charge in [0.2, 0.25) is 0 Å². The molecule has 1 aliphatic heterocycles. The molecule has 0 aliphatic carbocycles. The molecule has 1 aliphatic rings. The van der Waals surface area contributed by atoms with Gasteiger partial charge in [-0.15, -0.1) is 0 Å². The molecule has 0 aromatic heterocycles. The summed E-state index contributed by atoms with van der Waals surface area (Å²) < 4.78 is 13.7. The lowest BCUT2D eigenvalue weighted by atomic mass is 9.79. The van der Waals surface area contributed by atoms with E-state index in [0.29, 0.717) is 17.1 Å². The Hall–Kier alpha value is -0.640. The van der Waals surface area contributed by atoms with Crippen LogP contribution in [0.2, 0.25) is 5.02 Å². The van der Waals surface area contributed by atoms with Gasteiger partial charge < -0.3 is 5.73 Å². The zero-order valence-corrected chi connectivity index (χ0v) is 11.7. The van der Waals surface area contributed by atoms with Crippen LogP contribution in [0, 0.1) is 11.2 Å². The highest BCUT2D eigenvalue weighted by Gasteiger charge is 2.33. The summed E-state index contributed by atoms with van der Waals surface area (Å²) in [5.41, 5.74) is 6.84. The van der Waals surface area contributed by atoms with Crippen molar-refractivity contribution in [3.05, 3.63) is 34.6 Å². The topological polar surface area (TPSA) is 29.3 Å². The van der Waals surface area contributed by atoms with Gasteiger partial charge in [0.15, 0.2) is 0 Å². The van der Waals surface area contributed by atoms with Crippen molar-refractivity contribution in [2.24, 2.45) is 11.1 Å². The van der Waals surface area contributed by atoms with E-state index in [2.05, 4.69) is 18.7 Å². The number of halogens is 2. The highest BCUT2D eigenvalue weighted by Crippen LogP contribution is 2.29. The summed E-state index contributed by atoms with van der Waals surface area (Å²) in [7, 11) is 0. The average Bonchev–Trinajstić information content (AvgIpc) is 2.28. The monoisotopic (exact) mass is 270 g/mol. The van der Waals surface area contributed by atoms with Crippen LogP contribution in [0.4, 0.5) is 4.39 Å². The van der Waals surface area contributed by atoms with Gasteiger partial charge in [0.05, 0.1) is 0 Å². The van der Waals surface area contributed by atoms with Gasteiger partial charge in [-0.05, 0) is 30.0 Å². The van der Waals surface area contributed by atoms with E-state index >= 15 is 0 Å². The minimum Gasteiger partial charge on any atom is -0.327 e. The van der Waals surface area contributed by atoms with Crippen LogP contribution in [0.25, 0.3) is 0 Å². The number of benzene rings is 1. The van der Waals surface area contributed by atoms with Gasteiger partial charge in [-0.3, -0.25) is 4.90 Å². The van der Waals surface area contributed by atoms with E-state index in [1.807, 2.05) is 0 Å². The van der Waals surface area contributed by atoms with E-state index in [9.17, 15) is 4.39 Å². The van der Waals surface area contributed by atoms with Gasteiger partial charge in [-0.25, -0.2) is 4.39 Å². The second-order valence-corrected chi connectivity index (χ2v) is 6.27. The molecule has 1 saturated heterocycles. The van der Waals surface area contributed by atoms with Crippen LogP contribution in [-0.2, 0) is 6.54 Å². The maximum atomic E-state index is 13.7. The molecule has 2 rings (SSSR count). The summed E-state index contributed by atoms with van der Waals surface area (Å²) in [4.78, 5) is 2.25. The van der Waals surface area contributed by atoms with Gasteiger partial charge in [0, 0.05) is 36.3 Å². The molecule has 0 spiro atoms. The molecule has 2 nitrogen and oxygen atoms in total. The Morgan fingerprint density at radius 3 is 2.89 bits per heavy atom. The Morgan fingerprint density at radius 2 is 2.22 bits per heavy atom. The molecule has 4 heteroatoms. The molecule has 2 N–H and O–H groups in total. The van der Waals surface area contributed by atoms with Crippen molar-refractivity contribution in [2.75, 3.05) is 13.1 Å². The molecular weight excluding hydrogens is 251 g/mol. The second-order valence-electron chi connectivity index (χ2n) is 5.83. The molecule has 0 bridgehead atoms. The lowest BCUT2D eigenvalue weighted by Gasteiger charge is -2.42. The fraction of sp³-hybridized carbons (Fsp3) is 0.571. The van der Waals surface area contributed by atoms with Crippen molar-refractivity contribution >= 4 is 11.6 Å². The third-order valence-electron chi connectivity index (χ3n) is 3.79. The van der Waals surface area contributed by atoms with Gasteiger partial charge in [0.1, 0.15) is 5.82 Å². The molecule has 1 fully saturated rings. The molecule has 1 heterocycles. The lowest BCUT2D eigenvalue weighted by Crippen LogP contribution is -2.52. The largest absolute Gasteiger partial charge is 0.327 e. The smallest absolute Gasteiger partial charge is 0.127 e. The maximum Gasteiger partial charge on any atom is 0.127 e. The van der Waals surface area contributed by atoms with E-state index in [1.54, 1.807) is 12.1 Å². The standard InChI is InChI=1S/C14H20ClFN2/c1-14(2)9-18(6-5-13(14)17)8-10-7-11(15)3-4-12(10)16/h3-4,7,13H,5-6,8-9,17H2,1-2H3. The number of hydrogen-bond acceptors (Lipinski definition) is 2. The first-order valence-electron chi connectivity index (χ1n) is 6.30. The van der Waals surface area contributed by atoms with E-state index in [-0.39, 0.29) is 17.3 Å². The molecule has 1 aromatic rings. The molecule has 18 heavy (non-hydrogen) atoms. The Kier molecular flexibility index (Phi) is 3.95. The second kappa shape index (κ2) is 5.16. The van der Waals surface area contributed by atoms with Gasteiger partial charge >= 0.3 is 0 Å². The zero-order chi connectivity index (χ0) is 13.3. The van der Waals surface area contributed by atoms with Crippen LogP contribution in [0.5, 0.6) is 0 Å². The fourth-order valence-corrected chi connectivity index (χ4v) is 2.72. The Morgan fingerprint density at radius 1 is 1.50 bits per heavy atom. The first-order chi connectivity index (χ1) is 8.38. The lowest BCUT2D eigenvalue weighted by molar-refractivity contribution is 0.0890. The van der Waals surface area contributed by atoms with Crippen molar-refractivity contribution in [3.63, 3.8) is 0 Å². The highest BCUT2D eigenvalue weighted by molar-refractivity contribution is 6.30. The molecule has 1 unspecified atom stereocenters. The summed E-state index contributed by atoms with van der Waals surface area (Å²) >= 11 is 5.91. The van der Waals surface area contributed by atoms with E-state index in [1.165, 1.54) is 6.07 Å². The minimum absolute atomic E-state index is 0.0767. The molecular formula is C14H20ClFN2. The molecule has 0 radical (unpaired) electrons. The quantitative estimate of drug-likeness (QED) is 0.895. The average molecular weight is 271 g/mol. The highest BCUT2D eigenvalue weighted by atomic mass is 35.5. The molecule has 100 valence electrons. The Labute approximate surface area is 113 Å². The van der Waals surface area contributed by atoms with E-state index < -0.39 is 0 Å². The zero-order valence-electron chi connectivity index (χ0n) is 10.9. The van der Waals surface area contributed by atoms with Crippen molar-refractivity contribution < 1.29 is 4.39 Å². The number of nitrogens with two attached hydrogens (primary N) is 1. The number of likely N-dealkylation sites (tertiary alicyclic amines) is 1. The Balaban J connectivity index is 2.08. The molecule has 1 atom stereocenters. The maximum absolute atomic E-state index is 13.7. The summed E-state index contributed by atoms with van der Waals surface area (Å²) in [5.74, 6) is -0.188. The minimum atomic E-state index is -0.188. The fourth-order valence-electron chi connectivity index (χ4n) is 2.53. The van der Waals surface area contributed by atoms with Crippen LogP contribution in [0.3, 0.4) is 0 Å². The van der Waals surface area contributed by atoms with Gasteiger partial charge in [-0.1, -0.05) is 25.4 Å². The number of piperidine rings is 1. The van der Waals surface area contributed by atoms with Crippen molar-refractivity contribution in [1.82, 2.24) is 4.90 Å². The van der Waals surface area contributed by atoms with Crippen LogP contribution in [0.1, 0.15) is 25.8 Å². The van der Waals surface area contributed by atoms with Crippen LogP contribution in [0.15, 0.2) is 18.2 Å². The SMILES string of the molecule is CC1(C)CN(Cc2cc(Cl)ccc2F)CCC1N. The molecule has 0 saturated carbocycles. The van der Waals surface area contributed by atoms with Gasteiger partial charge in [0.25, 0.3) is 0 Å². The van der Waals surface area contributed by atoms with E-state index in [4.69, 9.17) is 17.3 Å². The third-order valence-corrected chi connectivity index (χ3v) is 4.03. The summed E-state index contributed by atoms with van der Waals surface area (Å²) in [6.45, 7) is 6.73. The van der Waals surface area contributed by atoms with Crippen molar-refractivity contribution in [2.45, 2.75) is 32.9 Å². The number of hydrogen-bond donors (Lipinski definition) is 1.